The molecule has 1 rings (SSSR count). The molecule has 1 unspecified atom stereocenters. The number of carbonyl (C=O) groups excluding carboxylic acids is 1. The van der Waals surface area contributed by atoms with Crippen molar-refractivity contribution in [1.29, 1.82) is 0 Å². The zero-order valence-electron chi connectivity index (χ0n) is 12.0. The van der Waals surface area contributed by atoms with Gasteiger partial charge in [0.1, 0.15) is 5.75 Å². The third kappa shape index (κ3) is 5.48. The number of rotatable bonds is 8. The van der Waals surface area contributed by atoms with Gasteiger partial charge in [-0.3, -0.25) is 4.79 Å². The Bertz CT molecular complexity index is 440. The number of carbonyl (C=O) groups is 1. The minimum absolute atomic E-state index is 0.153. The van der Waals surface area contributed by atoms with Crippen molar-refractivity contribution in [2.45, 2.75) is 19.6 Å². The highest BCUT2D eigenvalue weighted by atomic mass is 79.9. The number of hydrogen-bond donors (Lipinski definition) is 2. The van der Waals surface area contributed by atoms with Gasteiger partial charge in [0.15, 0.2) is 6.10 Å². The van der Waals surface area contributed by atoms with Crippen molar-refractivity contribution >= 4 is 21.8 Å². The molecule has 1 atom stereocenters. The van der Waals surface area contributed by atoms with Gasteiger partial charge in [-0.15, -0.1) is 0 Å². The second kappa shape index (κ2) is 8.94. The molecule has 0 fully saturated rings. The first kappa shape index (κ1) is 16.9. The molecule has 0 heterocycles. The van der Waals surface area contributed by atoms with Gasteiger partial charge in [-0.25, -0.2) is 0 Å². The fourth-order valence-corrected chi connectivity index (χ4v) is 2.01. The molecular formula is C14H21BrN2O3. The second-order valence-electron chi connectivity index (χ2n) is 4.33. The van der Waals surface area contributed by atoms with Crippen LogP contribution in [0.15, 0.2) is 22.7 Å². The van der Waals surface area contributed by atoms with Gasteiger partial charge in [-0.2, -0.15) is 0 Å². The molecule has 1 amide bonds. The van der Waals surface area contributed by atoms with Crippen LogP contribution in [0, 0.1) is 0 Å². The maximum Gasteiger partial charge on any atom is 0.260 e. The van der Waals surface area contributed by atoms with Crippen LogP contribution in [0.3, 0.4) is 0 Å². The van der Waals surface area contributed by atoms with Crippen molar-refractivity contribution in [1.82, 2.24) is 10.6 Å². The molecule has 20 heavy (non-hydrogen) atoms. The summed E-state index contributed by atoms with van der Waals surface area (Å²) in [5, 5.41) is 5.83. The average molecular weight is 345 g/mol. The van der Waals surface area contributed by atoms with E-state index < -0.39 is 6.10 Å². The van der Waals surface area contributed by atoms with E-state index >= 15 is 0 Å². The molecule has 5 nitrogen and oxygen atoms in total. The summed E-state index contributed by atoms with van der Waals surface area (Å²) in [6.45, 7) is 3.42. The van der Waals surface area contributed by atoms with Crippen molar-refractivity contribution in [2.75, 3.05) is 27.3 Å². The van der Waals surface area contributed by atoms with Crippen LogP contribution in [-0.2, 0) is 16.1 Å². The van der Waals surface area contributed by atoms with Gasteiger partial charge >= 0.3 is 0 Å². The van der Waals surface area contributed by atoms with Crippen LogP contribution in [0.25, 0.3) is 0 Å². The number of hydrogen-bond acceptors (Lipinski definition) is 4. The number of halogens is 1. The van der Waals surface area contributed by atoms with Crippen molar-refractivity contribution in [3.8, 4) is 5.75 Å². The van der Waals surface area contributed by atoms with Crippen LogP contribution in [0.2, 0.25) is 0 Å². The molecule has 1 aromatic rings. The molecule has 1 aromatic carbocycles. The summed E-state index contributed by atoms with van der Waals surface area (Å²) in [5.74, 6) is 0.521. The lowest BCUT2D eigenvalue weighted by atomic mass is 10.2. The lowest BCUT2D eigenvalue weighted by Gasteiger charge is -2.15. The van der Waals surface area contributed by atoms with Crippen LogP contribution in [-0.4, -0.2) is 39.3 Å². The molecule has 0 radical (unpaired) electrons. The summed E-state index contributed by atoms with van der Waals surface area (Å²) >= 11 is 3.48. The topological polar surface area (TPSA) is 59.6 Å². The zero-order valence-corrected chi connectivity index (χ0v) is 13.6. The van der Waals surface area contributed by atoms with Gasteiger partial charge in [-0.05, 0) is 37.7 Å². The van der Waals surface area contributed by atoms with Gasteiger partial charge < -0.3 is 20.1 Å². The summed E-state index contributed by atoms with van der Waals surface area (Å²) in [7, 11) is 3.48. The summed E-state index contributed by atoms with van der Waals surface area (Å²) in [4.78, 5) is 11.8. The second-order valence-corrected chi connectivity index (χ2v) is 5.18. The first-order valence-electron chi connectivity index (χ1n) is 6.44. The third-order valence-corrected chi connectivity index (χ3v) is 3.45. The maximum atomic E-state index is 11.8. The number of benzene rings is 1. The van der Waals surface area contributed by atoms with Crippen molar-refractivity contribution in [2.24, 2.45) is 0 Å². The highest BCUT2D eigenvalue weighted by molar-refractivity contribution is 9.10. The Morgan fingerprint density at radius 1 is 1.45 bits per heavy atom. The van der Waals surface area contributed by atoms with Crippen LogP contribution >= 0.6 is 15.9 Å². The van der Waals surface area contributed by atoms with E-state index in [1.807, 2.05) is 25.2 Å². The SMILES string of the molecule is CNCc1cc(OC(C)C(=O)NCCOC)ccc1Br. The monoisotopic (exact) mass is 344 g/mol. The fourth-order valence-electron chi connectivity index (χ4n) is 1.63. The maximum absolute atomic E-state index is 11.8. The summed E-state index contributed by atoms with van der Waals surface area (Å²) in [5.41, 5.74) is 1.08. The molecule has 0 spiro atoms. The van der Waals surface area contributed by atoms with E-state index in [1.165, 1.54) is 0 Å². The number of amides is 1. The Labute approximate surface area is 128 Å². The molecule has 0 bridgehead atoms. The lowest BCUT2D eigenvalue weighted by molar-refractivity contribution is -0.127. The fraction of sp³-hybridized carbons (Fsp3) is 0.500. The summed E-state index contributed by atoms with van der Waals surface area (Å²) in [6.07, 6.45) is -0.546. The molecule has 0 aliphatic heterocycles. The zero-order chi connectivity index (χ0) is 15.0. The molecule has 112 valence electrons. The van der Waals surface area contributed by atoms with Gasteiger partial charge in [0.2, 0.25) is 0 Å². The van der Waals surface area contributed by atoms with Gasteiger partial charge in [0, 0.05) is 24.7 Å². The normalized spacial score (nSPS) is 12.0. The highest BCUT2D eigenvalue weighted by Crippen LogP contribution is 2.23. The van der Waals surface area contributed by atoms with Gasteiger partial charge in [0.05, 0.1) is 6.61 Å². The van der Waals surface area contributed by atoms with Crippen molar-refractivity contribution < 1.29 is 14.3 Å². The Hall–Kier alpha value is -1.11. The Kier molecular flexibility index (Phi) is 7.58. The van der Waals surface area contributed by atoms with E-state index in [0.29, 0.717) is 18.9 Å². The van der Waals surface area contributed by atoms with Gasteiger partial charge in [0.25, 0.3) is 5.91 Å². The predicted molar refractivity (Wildman–Crippen MR) is 81.9 cm³/mol. The van der Waals surface area contributed by atoms with E-state index in [4.69, 9.17) is 9.47 Å². The minimum atomic E-state index is -0.546. The van der Waals surface area contributed by atoms with Crippen LogP contribution < -0.4 is 15.4 Å². The molecule has 0 aromatic heterocycles. The van der Waals surface area contributed by atoms with E-state index in [0.717, 1.165) is 16.6 Å². The van der Waals surface area contributed by atoms with E-state index in [9.17, 15) is 4.79 Å². The average Bonchev–Trinajstić information content (AvgIpc) is 2.43. The lowest BCUT2D eigenvalue weighted by Crippen LogP contribution is -2.37. The highest BCUT2D eigenvalue weighted by Gasteiger charge is 2.14. The molecular weight excluding hydrogens is 324 g/mol. The Morgan fingerprint density at radius 3 is 2.85 bits per heavy atom. The van der Waals surface area contributed by atoms with Crippen LogP contribution in [0.1, 0.15) is 12.5 Å². The molecule has 0 saturated heterocycles. The molecule has 0 aliphatic rings. The summed E-state index contributed by atoms with van der Waals surface area (Å²) < 4.78 is 11.5. The smallest absolute Gasteiger partial charge is 0.260 e. The quantitative estimate of drug-likeness (QED) is 0.704. The van der Waals surface area contributed by atoms with Crippen molar-refractivity contribution in [3.63, 3.8) is 0 Å². The molecule has 0 aliphatic carbocycles. The van der Waals surface area contributed by atoms with E-state index in [2.05, 4.69) is 26.6 Å². The Morgan fingerprint density at radius 2 is 2.20 bits per heavy atom. The molecule has 2 N–H and O–H groups in total. The van der Waals surface area contributed by atoms with E-state index in [1.54, 1.807) is 14.0 Å². The standard InChI is InChI=1S/C14H21BrN2O3/c1-10(14(18)17-6-7-19-3)20-12-4-5-13(15)11(8-12)9-16-2/h4-5,8,10,16H,6-7,9H2,1-3H3,(H,17,18). The number of methoxy groups -OCH3 is 1. The van der Waals surface area contributed by atoms with Crippen LogP contribution in [0.4, 0.5) is 0 Å². The first-order valence-corrected chi connectivity index (χ1v) is 7.24. The van der Waals surface area contributed by atoms with E-state index in [-0.39, 0.29) is 5.91 Å². The Balaban J connectivity index is 2.58. The first-order chi connectivity index (χ1) is 9.58. The predicted octanol–water partition coefficient (Wildman–Crippen LogP) is 1.70. The minimum Gasteiger partial charge on any atom is -0.481 e. The summed E-state index contributed by atoms with van der Waals surface area (Å²) in [6, 6.07) is 5.67. The largest absolute Gasteiger partial charge is 0.481 e. The number of nitrogens with one attached hydrogen (secondary N) is 2. The third-order valence-electron chi connectivity index (χ3n) is 2.67. The molecule has 0 saturated carbocycles. The van der Waals surface area contributed by atoms with Gasteiger partial charge in [-0.1, -0.05) is 15.9 Å². The van der Waals surface area contributed by atoms with Crippen molar-refractivity contribution in [3.05, 3.63) is 28.2 Å². The molecule has 6 heteroatoms. The van der Waals surface area contributed by atoms with Crippen LogP contribution in [0.5, 0.6) is 5.75 Å². The number of ether oxygens (including phenoxy) is 2.